The van der Waals surface area contributed by atoms with Crippen molar-refractivity contribution in [3.63, 3.8) is 0 Å². The smallest absolute Gasteiger partial charge is 0.323 e. The molecule has 15 heavy (non-hydrogen) atoms. The van der Waals surface area contributed by atoms with Crippen molar-refractivity contribution in [1.29, 1.82) is 0 Å². The first-order chi connectivity index (χ1) is 7.09. The van der Waals surface area contributed by atoms with Gasteiger partial charge in [-0.05, 0) is 0 Å². The average molecular weight is 212 g/mol. The summed E-state index contributed by atoms with van der Waals surface area (Å²) in [4.78, 5) is 29.4. The van der Waals surface area contributed by atoms with Gasteiger partial charge in [0.25, 0.3) is 0 Å². The summed E-state index contributed by atoms with van der Waals surface area (Å²) in [5.74, 6) is -0.433. The number of hydrogen-bond donors (Lipinski definition) is 3. The van der Waals surface area contributed by atoms with E-state index in [9.17, 15) is 9.59 Å². The lowest BCUT2D eigenvalue weighted by molar-refractivity contribution is -0.137. The number of carboxylic acid groups (broad SMARTS) is 1. The number of likely N-dealkylation sites (N-methyl/N-ethyl adjacent to an activating group) is 1. The molecule has 1 aromatic heterocycles. The first-order valence-electron chi connectivity index (χ1n) is 4.28. The van der Waals surface area contributed by atoms with E-state index >= 15 is 0 Å². The number of nitrogens with zero attached hydrogens (tertiary/aromatic N) is 2. The van der Waals surface area contributed by atoms with Crippen molar-refractivity contribution in [3.05, 3.63) is 18.2 Å². The topological polar surface area (TPSA) is 98.3 Å². The summed E-state index contributed by atoms with van der Waals surface area (Å²) in [6.45, 7) is -0.0836. The van der Waals surface area contributed by atoms with Gasteiger partial charge in [-0.15, -0.1) is 0 Å². The maximum absolute atomic E-state index is 11.3. The number of imidazole rings is 1. The minimum atomic E-state index is -1.05. The minimum Gasteiger partial charge on any atom is -0.480 e. The molecule has 1 rings (SSSR count). The summed E-state index contributed by atoms with van der Waals surface area (Å²) in [7, 11) is 1.41. The molecule has 0 aliphatic carbocycles. The number of amides is 2. The maximum Gasteiger partial charge on any atom is 0.323 e. The van der Waals surface area contributed by atoms with Crippen LogP contribution in [0.1, 0.15) is 5.82 Å². The van der Waals surface area contributed by atoms with E-state index in [4.69, 9.17) is 5.11 Å². The second-order valence-electron chi connectivity index (χ2n) is 2.94. The Balaban J connectivity index is 2.32. The van der Waals surface area contributed by atoms with E-state index in [1.807, 2.05) is 0 Å². The van der Waals surface area contributed by atoms with Crippen LogP contribution in [0.4, 0.5) is 4.79 Å². The molecule has 0 unspecified atom stereocenters. The van der Waals surface area contributed by atoms with Crippen LogP contribution in [0.3, 0.4) is 0 Å². The molecular formula is C8H12N4O3. The molecule has 0 aliphatic rings. The van der Waals surface area contributed by atoms with Crippen LogP contribution in [-0.2, 0) is 11.3 Å². The van der Waals surface area contributed by atoms with E-state index in [1.54, 1.807) is 12.4 Å². The van der Waals surface area contributed by atoms with Crippen LogP contribution < -0.4 is 5.32 Å². The summed E-state index contributed by atoms with van der Waals surface area (Å²) in [6.07, 6.45) is 3.21. The normalized spacial score (nSPS) is 9.67. The predicted molar refractivity (Wildman–Crippen MR) is 51.1 cm³/mol. The van der Waals surface area contributed by atoms with Crippen LogP contribution in [0.5, 0.6) is 0 Å². The number of rotatable bonds is 4. The van der Waals surface area contributed by atoms with Gasteiger partial charge >= 0.3 is 12.0 Å². The van der Waals surface area contributed by atoms with Gasteiger partial charge in [-0.2, -0.15) is 0 Å². The zero-order valence-corrected chi connectivity index (χ0v) is 8.23. The van der Waals surface area contributed by atoms with Gasteiger partial charge in [-0.1, -0.05) is 0 Å². The van der Waals surface area contributed by atoms with Gasteiger partial charge in [0.05, 0.1) is 6.54 Å². The monoisotopic (exact) mass is 212 g/mol. The average Bonchev–Trinajstić information content (AvgIpc) is 2.65. The van der Waals surface area contributed by atoms with Crippen molar-refractivity contribution >= 4 is 12.0 Å². The van der Waals surface area contributed by atoms with Gasteiger partial charge in [-0.25, -0.2) is 9.78 Å². The molecule has 7 nitrogen and oxygen atoms in total. The standard InChI is InChI=1S/C8H12N4O3/c1-12(5-7(13)14)8(15)11-4-6-9-2-3-10-6/h2-3H,4-5H2,1H3,(H,9,10)(H,11,15)(H,13,14). The van der Waals surface area contributed by atoms with Crippen LogP contribution in [-0.4, -0.2) is 45.6 Å². The maximum atomic E-state index is 11.3. The third-order valence-corrected chi connectivity index (χ3v) is 1.68. The molecule has 0 aromatic carbocycles. The number of carbonyl (C=O) groups excluding carboxylic acids is 1. The van der Waals surface area contributed by atoms with Gasteiger partial charge in [0.1, 0.15) is 12.4 Å². The van der Waals surface area contributed by atoms with Crippen LogP contribution in [0.2, 0.25) is 0 Å². The Morgan fingerprint density at radius 3 is 2.93 bits per heavy atom. The lowest BCUT2D eigenvalue weighted by atomic mass is 10.5. The number of carbonyl (C=O) groups is 2. The number of nitrogens with one attached hydrogen (secondary N) is 2. The molecule has 0 bridgehead atoms. The van der Waals surface area contributed by atoms with Crippen LogP contribution in [0, 0.1) is 0 Å². The fraction of sp³-hybridized carbons (Fsp3) is 0.375. The van der Waals surface area contributed by atoms with Gasteiger partial charge in [0, 0.05) is 19.4 Å². The molecule has 0 radical (unpaired) electrons. The molecule has 1 aromatic rings. The molecule has 3 N–H and O–H groups in total. The second kappa shape index (κ2) is 4.99. The summed E-state index contributed by atoms with van der Waals surface area (Å²) in [5.41, 5.74) is 0. The minimum absolute atomic E-state index is 0.246. The molecule has 0 atom stereocenters. The lowest BCUT2D eigenvalue weighted by Gasteiger charge is -2.14. The van der Waals surface area contributed by atoms with Gasteiger partial charge in [0.2, 0.25) is 0 Å². The van der Waals surface area contributed by atoms with Crippen molar-refractivity contribution in [2.75, 3.05) is 13.6 Å². The Morgan fingerprint density at radius 2 is 2.40 bits per heavy atom. The molecule has 0 spiro atoms. The van der Waals surface area contributed by atoms with Gasteiger partial charge in [-0.3, -0.25) is 4.79 Å². The molecular weight excluding hydrogens is 200 g/mol. The molecule has 0 saturated heterocycles. The highest BCUT2D eigenvalue weighted by Gasteiger charge is 2.11. The largest absolute Gasteiger partial charge is 0.480 e. The summed E-state index contributed by atoms with van der Waals surface area (Å²) < 4.78 is 0. The Kier molecular flexibility index (Phi) is 3.67. The van der Waals surface area contributed by atoms with Crippen molar-refractivity contribution in [2.24, 2.45) is 0 Å². The molecule has 0 aliphatic heterocycles. The number of aromatic amines is 1. The van der Waals surface area contributed by atoms with Crippen molar-refractivity contribution in [2.45, 2.75) is 6.54 Å². The van der Waals surface area contributed by atoms with E-state index < -0.39 is 12.0 Å². The molecule has 0 fully saturated rings. The number of hydrogen-bond acceptors (Lipinski definition) is 3. The lowest BCUT2D eigenvalue weighted by Crippen LogP contribution is -2.39. The highest BCUT2D eigenvalue weighted by molar-refractivity contribution is 5.79. The van der Waals surface area contributed by atoms with Gasteiger partial charge in [0.15, 0.2) is 0 Å². The number of urea groups is 1. The van der Waals surface area contributed by atoms with Gasteiger partial charge < -0.3 is 20.3 Å². The fourth-order valence-corrected chi connectivity index (χ4v) is 0.964. The Bertz CT molecular complexity index is 336. The van der Waals surface area contributed by atoms with E-state index in [0.717, 1.165) is 4.90 Å². The highest BCUT2D eigenvalue weighted by Crippen LogP contribution is 1.89. The predicted octanol–water partition coefficient (Wildman–Crippen LogP) is -0.364. The van der Waals surface area contributed by atoms with Crippen LogP contribution in [0.15, 0.2) is 12.4 Å². The van der Waals surface area contributed by atoms with Crippen LogP contribution in [0.25, 0.3) is 0 Å². The highest BCUT2D eigenvalue weighted by atomic mass is 16.4. The second-order valence-corrected chi connectivity index (χ2v) is 2.94. The number of aliphatic carboxylic acids is 1. The first-order valence-corrected chi connectivity index (χ1v) is 4.28. The molecule has 7 heteroatoms. The zero-order valence-electron chi connectivity index (χ0n) is 8.23. The fourth-order valence-electron chi connectivity index (χ4n) is 0.964. The quantitative estimate of drug-likeness (QED) is 0.634. The Labute approximate surface area is 86.1 Å². The van der Waals surface area contributed by atoms with E-state index in [1.165, 1.54) is 7.05 Å². The van der Waals surface area contributed by atoms with Crippen molar-refractivity contribution in [1.82, 2.24) is 20.2 Å². The molecule has 1 heterocycles. The van der Waals surface area contributed by atoms with E-state index in [-0.39, 0.29) is 13.1 Å². The molecule has 82 valence electrons. The summed E-state index contributed by atoms with van der Waals surface area (Å²) in [6, 6.07) is -0.450. The van der Waals surface area contributed by atoms with Crippen LogP contribution >= 0.6 is 0 Å². The number of carboxylic acids is 1. The van der Waals surface area contributed by atoms with E-state index in [2.05, 4.69) is 15.3 Å². The number of aromatic nitrogens is 2. The molecule has 2 amide bonds. The molecule has 0 saturated carbocycles. The Hall–Kier alpha value is -2.05. The van der Waals surface area contributed by atoms with Crippen molar-refractivity contribution < 1.29 is 14.7 Å². The SMILES string of the molecule is CN(CC(=O)O)C(=O)NCc1ncc[nH]1. The third-order valence-electron chi connectivity index (χ3n) is 1.68. The summed E-state index contributed by atoms with van der Waals surface area (Å²) >= 11 is 0. The van der Waals surface area contributed by atoms with Crippen molar-refractivity contribution in [3.8, 4) is 0 Å². The van der Waals surface area contributed by atoms with E-state index in [0.29, 0.717) is 5.82 Å². The third kappa shape index (κ3) is 3.67. The summed E-state index contributed by atoms with van der Waals surface area (Å²) in [5, 5.41) is 11.0. The zero-order chi connectivity index (χ0) is 11.3. The number of H-pyrrole nitrogens is 1. The Morgan fingerprint density at radius 1 is 1.67 bits per heavy atom. The first kappa shape index (κ1) is 11.0.